The van der Waals surface area contributed by atoms with Crippen molar-refractivity contribution in [2.75, 3.05) is 53.5 Å². The molecule has 25 heavy (non-hydrogen) atoms. The van der Waals surface area contributed by atoms with Crippen LogP contribution >= 0.6 is 0 Å². The van der Waals surface area contributed by atoms with Crippen LogP contribution in [0.15, 0.2) is 0 Å². The highest BCUT2D eigenvalue weighted by molar-refractivity contribution is 4.88. The van der Waals surface area contributed by atoms with E-state index < -0.39 is 0 Å². The zero-order valence-electron chi connectivity index (χ0n) is 17.3. The van der Waals surface area contributed by atoms with E-state index in [0.717, 1.165) is 31.0 Å². The Balaban J connectivity index is 1.86. The quantitative estimate of drug-likeness (QED) is 0.653. The lowest BCUT2D eigenvalue weighted by Crippen LogP contribution is -2.58. The Morgan fingerprint density at radius 3 is 2.48 bits per heavy atom. The zero-order valence-corrected chi connectivity index (χ0v) is 17.3. The van der Waals surface area contributed by atoms with Gasteiger partial charge in [0.25, 0.3) is 0 Å². The number of methoxy groups -OCH3 is 1. The van der Waals surface area contributed by atoms with Gasteiger partial charge in [0, 0.05) is 45.4 Å². The van der Waals surface area contributed by atoms with Crippen molar-refractivity contribution in [2.45, 2.75) is 70.9 Å². The summed E-state index contributed by atoms with van der Waals surface area (Å²) in [5, 5.41) is 3.31. The number of nitrogens with zero attached hydrogens (tertiary/aromatic N) is 2. The van der Waals surface area contributed by atoms with Crippen LogP contribution in [-0.2, 0) is 4.74 Å². The van der Waals surface area contributed by atoms with Gasteiger partial charge in [-0.15, -0.1) is 0 Å². The first-order valence-corrected chi connectivity index (χ1v) is 10.8. The van der Waals surface area contributed by atoms with E-state index in [1.807, 2.05) is 7.11 Å². The van der Waals surface area contributed by atoms with Crippen molar-refractivity contribution in [3.63, 3.8) is 0 Å². The minimum absolute atomic E-state index is 0.575. The van der Waals surface area contributed by atoms with Crippen molar-refractivity contribution in [3.8, 4) is 0 Å². The Bertz CT molecular complexity index is 344. The maximum Gasteiger partial charge on any atom is 0.0630 e. The molecule has 1 unspecified atom stereocenters. The third-order valence-corrected chi connectivity index (χ3v) is 6.78. The SMILES string of the molecule is CCC1CCC(N2CCN(CC(CC)CCNC)[C@@H](COC)C2)CC1. The first kappa shape index (κ1) is 21.1. The molecule has 148 valence electrons. The normalized spacial score (nSPS) is 30.5. The average molecular weight is 354 g/mol. The van der Waals surface area contributed by atoms with Crippen molar-refractivity contribution in [3.05, 3.63) is 0 Å². The van der Waals surface area contributed by atoms with Crippen LogP contribution in [0.5, 0.6) is 0 Å². The maximum atomic E-state index is 5.60. The summed E-state index contributed by atoms with van der Waals surface area (Å²) in [6, 6.07) is 1.40. The van der Waals surface area contributed by atoms with Gasteiger partial charge < -0.3 is 10.1 Å². The lowest BCUT2D eigenvalue weighted by molar-refractivity contribution is -0.00803. The van der Waals surface area contributed by atoms with Gasteiger partial charge in [-0.25, -0.2) is 0 Å². The molecule has 1 N–H and O–H groups in total. The minimum Gasteiger partial charge on any atom is -0.383 e. The second-order valence-electron chi connectivity index (χ2n) is 8.35. The fourth-order valence-corrected chi connectivity index (χ4v) is 4.86. The third-order valence-electron chi connectivity index (χ3n) is 6.78. The Kier molecular flexibility index (Phi) is 9.75. The molecule has 1 saturated carbocycles. The van der Waals surface area contributed by atoms with Crippen LogP contribution in [0.1, 0.15) is 58.8 Å². The topological polar surface area (TPSA) is 27.7 Å². The highest BCUT2D eigenvalue weighted by Gasteiger charge is 2.33. The Morgan fingerprint density at radius 1 is 1.12 bits per heavy atom. The summed E-state index contributed by atoms with van der Waals surface area (Å²) >= 11 is 0. The minimum atomic E-state index is 0.575. The second-order valence-corrected chi connectivity index (χ2v) is 8.35. The number of hydrogen-bond donors (Lipinski definition) is 1. The van der Waals surface area contributed by atoms with Gasteiger partial charge in [-0.1, -0.05) is 26.7 Å². The van der Waals surface area contributed by atoms with Gasteiger partial charge in [-0.05, 0) is 57.5 Å². The predicted molar refractivity (Wildman–Crippen MR) is 107 cm³/mol. The molecule has 4 nitrogen and oxygen atoms in total. The Labute approximate surface area is 156 Å². The molecule has 2 aliphatic rings. The van der Waals surface area contributed by atoms with Crippen LogP contribution in [0.2, 0.25) is 0 Å². The molecule has 0 aromatic carbocycles. The molecule has 0 aromatic heterocycles. The number of nitrogens with one attached hydrogen (secondary N) is 1. The first-order valence-electron chi connectivity index (χ1n) is 10.8. The van der Waals surface area contributed by atoms with E-state index in [-0.39, 0.29) is 0 Å². The van der Waals surface area contributed by atoms with Gasteiger partial charge in [0.2, 0.25) is 0 Å². The van der Waals surface area contributed by atoms with E-state index in [9.17, 15) is 0 Å². The van der Waals surface area contributed by atoms with Crippen LogP contribution in [0.25, 0.3) is 0 Å². The van der Waals surface area contributed by atoms with Gasteiger partial charge in [0.05, 0.1) is 6.61 Å². The van der Waals surface area contributed by atoms with Gasteiger partial charge in [0.15, 0.2) is 0 Å². The first-order chi connectivity index (χ1) is 12.2. The average Bonchev–Trinajstić information content (AvgIpc) is 2.66. The van der Waals surface area contributed by atoms with Crippen LogP contribution in [0, 0.1) is 11.8 Å². The zero-order chi connectivity index (χ0) is 18.1. The highest BCUT2D eigenvalue weighted by Crippen LogP contribution is 2.30. The highest BCUT2D eigenvalue weighted by atomic mass is 16.5. The van der Waals surface area contributed by atoms with Gasteiger partial charge in [-0.2, -0.15) is 0 Å². The Morgan fingerprint density at radius 2 is 1.88 bits per heavy atom. The van der Waals surface area contributed by atoms with Crippen LogP contribution in [0.3, 0.4) is 0 Å². The van der Waals surface area contributed by atoms with Crippen LogP contribution in [0.4, 0.5) is 0 Å². The molecule has 2 fully saturated rings. The fourth-order valence-electron chi connectivity index (χ4n) is 4.86. The van der Waals surface area contributed by atoms with E-state index in [1.165, 1.54) is 71.1 Å². The lowest BCUT2D eigenvalue weighted by Gasteiger charge is -2.46. The molecule has 1 aliphatic carbocycles. The maximum absolute atomic E-state index is 5.60. The summed E-state index contributed by atoms with van der Waals surface area (Å²) in [5.41, 5.74) is 0. The summed E-state index contributed by atoms with van der Waals surface area (Å²) < 4.78 is 5.60. The van der Waals surface area contributed by atoms with Crippen molar-refractivity contribution in [2.24, 2.45) is 11.8 Å². The van der Waals surface area contributed by atoms with Crippen molar-refractivity contribution >= 4 is 0 Å². The number of piperazine rings is 1. The molecule has 0 bridgehead atoms. The molecule has 0 aromatic rings. The molecule has 2 rings (SSSR count). The third kappa shape index (κ3) is 6.50. The smallest absolute Gasteiger partial charge is 0.0630 e. The molecule has 0 spiro atoms. The summed E-state index contributed by atoms with van der Waals surface area (Å²) in [5.74, 6) is 1.79. The summed E-state index contributed by atoms with van der Waals surface area (Å²) in [7, 11) is 3.92. The number of ether oxygens (including phenoxy) is 1. The van der Waals surface area contributed by atoms with E-state index in [0.29, 0.717) is 6.04 Å². The largest absolute Gasteiger partial charge is 0.383 e. The molecule has 4 heteroatoms. The van der Waals surface area contributed by atoms with Crippen molar-refractivity contribution in [1.29, 1.82) is 0 Å². The molecule has 0 radical (unpaired) electrons. The standard InChI is InChI=1S/C21H43N3O/c1-5-18-7-9-20(10-8-18)24-14-13-23(21(16-24)17-25-4)15-19(6-2)11-12-22-3/h18-22H,5-17H2,1-4H3/t18?,19?,20?,21-/m1/s1. The van der Waals surface area contributed by atoms with Gasteiger partial charge in [-0.3, -0.25) is 9.80 Å². The van der Waals surface area contributed by atoms with E-state index in [4.69, 9.17) is 4.74 Å². The van der Waals surface area contributed by atoms with Gasteiger partial charge >= 0.3 is 0 Å². The summed E-state index contributed by atoms with van der Waals surface area (Å²) in [4.78, 5) is 5.52. The second kappa shape index (κ2) is 11.5. The molecular weight excluding hydrogens is 310 g/mol. The molecule has 1 heterocycles. The predicted octanol–water partition coefficient (Wildman–Crippen LogP) is 3.22. The molecular formula is C21H43N3O. The molecule has 2 atom stereocenters. The lowest BCUT2D eigenvalue weighted by atomic mass is 9.83. The van der Waals surface area contributed by atoms with Gasteiger partial charge in [0.1, 0.15) is 0 Å². The van der Waals surface area contributed by atoms with E-state index in [1.54, 1.807) is 0 Å². The number of rotatable bonds is 10. The molecule has 1 saturated heterocycles. The number of hydrogen-bond acceptors (Lipinski definition) is 4. The van der Waals surface area contributed by atoms with E-state index >= 15 is 0 Å². The van der Waals surface area contributed by atoms with Crippen LogP contribution < -0.4 is 5.32 Å². The monoisotopic (exact) mass is 353 g/mol. The fraction of sp³-hybridized carbons (Fsp3) is 1.00. The van der Waals surface area contributed by atoms with E-state index in [2.05, 4.69) is 36.0 Å². The Hall–Kier alpha value is -0.160. The summed E-state index contributed by atoms with van der Waals surface area (Å²) in [6.07, 6.45) is 9.65. The summed E-state index contributed by atoms with van der Waals surface area (Å²) in [6.45, 7) is 11.6. The van der Waals surface area contributed by atoms with Crippen molar-refractivity contribution < 1.29 is 4.74 Å². The van der Waals surface area contributed by atoms with Crippen LogP contribution in [-0.4, -0.2) is 75.4 Å². The molecule has 1 aliphatic heterocycles. The van der Waals surface area contributed by atoms with Crippen molar-refractivity contribution in [1.82, 2.24) is 15.1 Å². The molecule has 0 amide bonds.